The lowest BCUT2D eigenvalue weighted by Gasteiger charge is -2.20. The molecule has 6 nitrogen and oxygen atoms in total. The first-order valence-electron chi connectivity index (χ1n) is 12.2. The number of nitrogens with zero attached hydrogens (tertiary/aromatic N) is 4. The van der Waals surface area contributed by atoms with E-state index in [1.165, 1.54) is 54.4 Å². The number of carbonyl (C=O) groups excluding carboxylic acids is 1. The van der Waals surface area contributed by atoms with E-state index in [9.17, 15) is 4.79 Å². The van der Waals surface area contributed by atoms with E-state index in [1.807, 2.05) is 18.2 Å². The smallest absolute Gasteiger partial charge is 0.283 e. The molecule has 0 radical (unpaired) electrons. The second-order valence-electron chi connectivity index (χ2n) is 9.45. The first-order valence-corrected chi connectivity index (χ1v) is 13.0. The maximum absolute atomic E-state index is 12.9. The van der Waals surface area contributed by atoms with E-state index in [0.29, 0.717) is 10.7 Å². The first kappa shape index (κ1) is 22.8. The number of carbonyl (C=O) groups is 1. The molecule has 1 aliphatic carbocycles. The molecular formula is C27H31N5OS. The predicted molar refractivity (Wildman–Crippen MR) is 140 cm³/mol. The Hall–Kier alpha value is -2.93. The molecule has 1 aromatic carbocycles. The van der Waals surface area contributed by atoms with E-state index >= 15 is 0 Å². The van der Waals surface area contributed by atoms with Crippen molar-refractivity contribution in [3.8, 4) is 0 Å². The summed E-state index contributed by atoms with van der Waals surface area (Å²) in [4.78, 5) is 17.1. The van der Waals surface area contributed by atoms with Gasteiger partial charge in [0.15, 0.2) is 5.84 Å². The summed E-state index contributed by atoms with van der Waals surface area (Å²) in [6.45, 7) is 4.90. The highest BCUT2D eigenvalue weighted by Crippen LogP contribution is 2.33. The fourth-order valence-corrected chi connectivity index (χ4v) is 5.98. The Kier molecular flexibility index (Phi) is 6.55. The van der Waals surface area contributed by atoms with Gasteiger partial charge in [0.1, 0.15) is 5.04 Å². The molecule has 176 valence electrons. The number of thioether (sulfide) groups is 1. The number of benzene rings is 1. The number of nitrogens with one attached hydrogen (secondary N) is 1. The summed E-state index contributed by atoms with van der Waals surface area (Å²) in [5.74, 6) is 0.530. The molecule has 3 heterocycles. The molecule has 2 aliphatic heterocycles. The molecule has 2 aromatic rings. The normalized spacial score (nSPS) is 20.1. The largest absolute Gasteiger partial charge is 0.344 e. The molecule has 0 spiro atoms. The van der Waals surface area contributed by atoms with E-state index in [2.05, 4.69) is 46.7 Å². The second-order valence-corrected chi connectivity index (χ2v) is 10.5. The molecule has 1 fully saturated rings. The highest BCUT2D eigenvalue weighted by molar-refractivity contribution is 8.26. The van der Waals surface area contributed by atoms with Gasteiger partial charge >= 0.3 is 0 Å². The molecule has 7 heteroatoms. The Morgan fingerprint density at radius 1 is 1.15 bits per heavy atom. The number of aliphatic imine (C=N–C) groups is 1. The lowest BCUT2D eigenvalue weighted by Crippen LogP contribution is -2.35. The van der Waals surface area contributed by atoms with E-state index < -0.39 is 0 Å². The van der Waals surface area contributed by atoms with Crippen LogP contribution in [0, 0.1) is 25.2 Å². The number of fused-ring (bicyclic) bond motifs is 1. The molecule has 3 aliphatic rings. The maximum atomic E-state index is 12.9. The Bertz CT molecular complexity index is 1200. The molecule has 1 aromatic heterocycles. The molecule has 0 saturated heterocycles. The van der Waals surface area contributed by atoms with Gasteiger partial charge in [-0.2, -0.15) is 15.1 Å². The van der Waals surface area contributed by atoms with Crippen LogP contribution < -0.4 is 0 Å². The van der Waals surface area contributed by atoms with Gasteiger partial charge in [0.2, 0.25) is 5.17 Å². The summed E-state index contributed by atoms with van der Waals surface area (Å²) in [6.07, 6.45) is 10.5. The number of hydrogen-bond donors (Lipinski definition) is 1. The molecule has 34 heavy (non-hydrogen) atoms. The number of amidine groups is 2. The van der Waals surface area contributed by atoms with Crippen LogP contribution in [0.15, 0.2) is 52.1 Å². The summed E-state index contributed by atoms with van der Waals surface area (Å²) < 4.78 is 2.24. The minimum absolute atomic E-state index is 0.114. The number of aryl methyl sites for hydroxylation is 1. The van der Waals surface area contributed by atoms with Crippen LogP contribution in [-0.4, -0.2) is 31.5 Å². The van der Waals surface area contributed by atoms with Crippen LogP contribution in [-0.2, 0) is 11.3 Å². The highest BCUT2D eigenvalue weighted by atomic mass is 32.2. The molecule has 1 amide bonds. The minimum Gasteiger partial charge on any atom is -0.344 e. The van der Waals surface area contributed by atoms with Gasteiger partial charge in [0.05, 0.1) is 5.57 Å². The van der Waals surface area contributed by atoms with Gasteiger partial charge in [0, 0.05) is 17.9 Å². The van der Waals surface area contributed by atoms with Gasteiger partial charge in [-0.1, -0.05) is 62.4 Å². The van der Waals surface area contributed by atoms with Gasteiger partial charge < -0.3 is 4.57 Å². The maximum Gasteiger partial charge on any atom is 0.283 e. The molecule has 1 saturated carbocycles. The van der Waals surface area contributed by atoms with Crippen LogP contribution in [0.5, 0.6) is 0 Å². The van der Waals surface area contributed by atoms with Crippen molar-refractivity contribution in [2.24, 2.45) is 16.0 Å². The SMILES string of the molecule is Cc1cc(C=C2C(=N)N3N=C(CCC4CCCCC4)SC3=NC2=O)c(C)n1Cc1ccccc1. The Morgan fingerprint density at radius 3 is 2.68 bits per heavy atom. The Morgan fingerprint density at radius 2 is 1.91 bits per heavy atom. The molecule has 1 N–H and O–H groups in total. The number of rotatable bonds is 6. The zero-order valence-corrected chi connectivity index (χ0v) is 20.7. The second kappa shape index (κ2) is 9.74. The summed E-state index contributed by atoms with van der Waals surface area (Å²) in [7, 11) is 0. The van der Waals surface area contributed by atoms with E-state index in [-0.39, 0.29) is 11.7 Å². The van der Waals surface area contributed by atoms with E-state index in [1.54, 1.807) is 6.08 Å². The summed E-state index contributed by atoms with van der Waals surface area (Å²) >= 11 is 1.44. The van der Waals surface area contributed by atoms with Crippen molar-refractivity contribution in [3.05, 3.63) is 64.5 Å². The van der Waals surface area contributed by atoms with Gasteiger partial charge in [-0.15, -0.1) is 0 Å². The van der Waals surface area contributed by atoms with Gasteiger partial charge in [0.25, 0.3) is 5.91 Å². The zero-order valence-electron chi connectivity index (χ0n) is 19.9. The zero-order chi connectivity index (χ0) is 23.7. The van der Waals surface area contributed by atoms with Gasteiger partial charge in [-0.3, -0.25) is 10.2 Å². The third kappa shape index (κ3) is 4.67. The first-order chi connectivity index (χ1) is 16.5. The highest BCUT2D eigenvalue weighted by Gasteiger charge is 2.35. The molecule has 0 bridgehead atoms. The molecule has 5 rings (SSSR count). The van der Waals surface area contributed by atoms with E-state index in [4.69, 9.17) is 5.41 Å². The number of amides is 1. The standard InChI is InChI=1S/C27H31N5OS/c1-18-15-22(19(2)31(18)17-21-11-7-4-8-12-21)16-23-25(28)32-27(29-26(23)33)34-24(30-32)14-13-20-9-5-3-6-10-20/h4,7-8,11-12,15-16,20,28H,3,5-6,9-10,13-14,17H2,1-2H3. The average molecular weight is 474 g/mol. The van der Waals surface area contributed by atoms with Crippen molar-refractivity contribution in [2.45, 2.75) is 65.3 Å². The minimum atomic E-state index is -0.361. The van der Waals surface area contributed by atoms with Crippen LogP contribution in [0.4, 0.5) is 0 Å². The van der Waals surface area contributed by atoms with Crippen LogP contribution in [0.1, 0.15) is 67.5 Å². The average Bonchev–Trinajstić information content (AvgIpc) is 3.37. The van der Waals surface area contributed by atoms with Crippen LogP contribution in [0.3, 0.4) is 0 Å². The molecule has 0 unspecified atom stereocenters. The summed E-state index contributed by atoms with van der Waals surface area (Å²) in [5.41, 5.74) is 4.64. The van der Waals surface area contributed by atoms with Crippen molar-refractivity contribution in [3.63, 3.8) is 0 Å². The Labute approximate surface area is 205 Å². The lowest BCUT2D eigenvalue weighted by atomic mass is 9.86. The topological polar surface area (TPSA) is 73.8 Å². The molecular weight excluding hydrogens is 442 g/mol. The Balaban J connectivity index is 1.34. The van der Waals surface area contributed by atoms with Crippen LogP contribution in [0.2, 0.25) is 0 Å². The van der Waals surface area contributed by atoms with Crippen molar-refractivity contribution >= 4 is 39.8 Å². The van der Waals surface area contributed by atoms with Crippen molar-refractivity contribution < 1.29 is 4.79 Å². The summed E-state index contributed by atoms with van der Waals surface area (Å²) in [5, 5.41) is 16.4. The van der Waals surface area contributed by atoms with Gasteiger partial charge in [-0.05, 0) is 67.6 Å². The fourth-order valence-electron chi connectivity index (χ4n) is 5.07. The molecule has 0 atom stereocenters. The third-order valence-electron chi connectivity index (χ3n) is 7.08. The third-order valence-corrected chi connectivity index (χ3v) is 8.05. The number of hydrogen-bond acceptors (Lipinski definition) is 4. The summed E-state index contributed by atoms with van der Waals surface area (Å²) in [6, 6.07) is 12.4. The van der Waals surface area contributed by atoms with Crippen molar-refractivity contribution in [2.75, 3.05) is 0 Å². The quantitative estimate of drug-likeness (QED) is 0.513. The fraction of sp³-hybridized carbons (Fsp3) is 0.407. The lowest BCUT2D eigenvalue weighted by molar-refractivity contribution is -0.114. The van der Waals surface area contributed by atoms with Crippen LogP contribution in [0.25, 0.3) is 6.08 Å². The monoisotopic (exact) mass is 473 g/mol. The van der Waals surface area contributed by atoms with Crippen molar-refractivity contribution in [1.29, 1.82) is 5.41 Å². The van der Waals surface area contributed by atoms with Gasteiger partial charge in [-0.25, -0.2) is 0 Å². The number of hydrazone groups is 1. The predicted octanol–water partition coefficient (Wildman–Crippen LogP) is 6.13. The van der Waals surface area contributed by atoms with Crippen molar-refractivity contribution in [1.82, 2.24) is 9.58 Å². The van der Waals surface area contributed by atoms with E-state index in [0.717, 1.165) is 47.3 Å². The van der Waals surface area contributed by atoms with Crippen LogP contribution >= 0.6 is 11.8 Å². The number of aromatic nitrogens is 1.